The van der Waals surface area contributed by atoms with Crippen molar-refractivity contribution in [3.05, 3.63) is 64.1 Å². The van der Waals surface area contributed by atoms with Gasteiger partial charge in [-0.1, -0.05) is 51.4 Å². The van der Waals surface area contributed by atoms with Gasteiger partial charge in [0.15, 0.2) is 0 Å². The summed E-state index contributed by atoms with van der Waals surface area (Å²) in [6, 6.07) is 14.4. The Kier molecular flexibility index (Phi) is 7.36. The van der Waals surface area contributed by atoms with Crippen LogP contribution in [0.15, 0.2) is 58.2 Å². The van der Waals surface area contributed by atoms with E-state index in [1.54, 1.807) is 24.3 Å². The molecule has 0 spiro atoms. The van der Waals surface area contributed by atoms with Gasteiger partial charge in [0, 0.05) is 10.0 Å². The predicted octanol–water partition coefficient (Wildman–Crippen LogP) is 4.73. The molecule has 0 heterocycles. The quantitative estimate of drug-likeness (QED) is 0.501. The third-order valence-electron chi connectivity index (χ3n) is 3.63. The number of hydrogen-bond acceptors (Lipinski definition) is 6. The maximum atomic E-state index is 12.0. The predicted molar refractivity (Wildman–Crippen MR) is 105 cm³/mol. The van der Waals surface area contributed by atoms with Crippen LogP contribution >= 0.6 is 15.9 Å². The molecule has 2 amide bonds. The molecule has 2 aromatic carbocycles. The molecule has 27 heavy (non-hydrogen) atoms. The van der Waals surface area contributed by atoms with Crippen molar-refractivity contribution in [3.8, 4) is 0 Å². The number of nitrogens with zero attached hydrogens (tertiary/aromatic N) is 2. The van der Waals surface area contributed by atoms with Crippen LogP contribution in [0.5, 0.6) is 0 Å². The molecule has 0 aliphatic rings. The van der Waals surface area contributed by atoms with Crippen molar-refractivity contribution in [2.45, 2.75) is 13.5 Å². The number of ether oxygens (including phenoxy) is 2. The molecule has 142 valence electrons. The number of methoxy groups -OCH3 is 2. The molecule has 0 aliphatic carbocycles. The lowest BCUT2D eigenvalue weighted by atomic mass is 10.1. The highest BCUT2D eigenvalue weighted by Gasteiger charge is 2.27. The van der Waals surface area contributed by atoms with E-state index in [9.17, 15) is 9.59 Å². The van der Waals surface area contributed by atoms with Crippen LogP contribution in [0.1, 0.15) is 18.1 Å². The van der Waals surface area contributed by atoms with Crippen LogP contribution in [0.4, 0.5) is 15.3 Å². The first kappa shape index (κ1) is 20.4. The zero-order valence-corrected chi connectivity index (χ0v) is 16.7. The van der Waals surface area contributed by atoms with Gasteiger partial charge in [0.05, 0.1) is 25.6 Å². The lowest BCUT2D eigenvalue weighted by Crippen LogP contribution is -2.37. The first-order valence-corrected chi connectivity index (χ1v) is 8.73. The van der Waals surface area contributed by atoms with Crippen molar-refractivity contribution in [3.63, 3.8) is 0 Å². The Balaban J connectivity index is 2.20. The summed E-state index contributed by atoms with van der Waals surface area (Å²) in [5.74, 6) is 0. The van der Waals surface area contributed by atoms with E-state index in [0.717, 1.165) is 14.9 Å². The smallest absolute Gasteiger partial charge is 0.423 e. The summed E-state index contributed by atoms with van der Waals surface area (Å²) in [7, 11) is 2.37. The fourth-order valence-corrected chi connectivity index (χ4v) is 2.51. The summed E-state index contributed by atoms with van der Waals surface area (Å²) < 4.78 is 10.3. The van der Waals surface area contributed by atoms with Gasteiger partial charge in [0.25, 0.3) is 0 Å². The third-order valence-corrected chi connectivity index (χ3v) is 4.16. The summed E-state index contributed by atoms with van der Waals surface area (Å²) in [5.41, 5.74) is 2.48. The number of para-hydroxylation sites is 1. The number of benzene rings is 2. The second-order valence-electron chi connectivity index (χ2n) is 5.36. The topological polar surface area (TPSA) is 77.4 Å². The minimum Gasteiger partial charge on any atom is -0.452 e. The molecule has 8 heteroatoms. The van der Waals surface area contributed by atoms with Gasteiger partial charge in [-0.15, -0.1) is 0 Å². The van der Waals surface area contributed by atoms with E-state index in [1.807, 2.05) is 31.2 Å². The number of carbonyl (C=O) groups excluding carboxylic acids is 2. The van der Waals surface area contributed by atoms with Crippen LogP contribution in [-0.2, 0) is 20.9 Å². The second kappa shape index (κ2) is 9.72. The molecule has 0 N–H and O–H groups in total. The van der Waals surface area contributed by atoms with Crippen molar-refractivity contribution < 1.29 is 23.9 Å². The number of amides is 2. The van der Waals surface area contributed by atoms with E-state index in [0.29, 0.717) is 17.0 Å². The third kappa shape index (κ3) is 5.30. The monoisotopic (exact) mass is 434 g/mol. The Morgan fingerprint density at radius 3 is 2.19 bits per heavy atom. The highest BCUT2D eigenvalue weighted by atomic mass is 79.9. The van der Waals surface area contributed by atoms with Gasteiger partial charge in [-0.2, -0.15) is 4.90 Å². The van der Waals surface area contributed by atoms with Gasteiger partial charge in [-0.25, -0.2) is 9.59 Å². The Bertz CT molecular complexity index is 820. The Morgan fingerprint density at radius 1 is 1.00 bits per heavy atom. The Hall–Kier alpha value is -2.87. The summed E-state index contributed by atoms with van der Waals surface area (Å²) >= 11 is 3.38. The fourth-order valence-electron chi connectivity index (χ4n) is 2.25. The van der Waals surface area contributed by atoms with Gasteiger partial charge >= 0.3 is 12.2 Å². The SMILES string of the molecule is COC(=O)N(C(=O)OC)c1ccccc1CO/N=C(\C)c1ccc(Br)cc1. The molecule has 0 atom stereocenters. The number of hydrogen-bond donors (Lipinski definition) is 0. The van der Waals surface area contributed by atoms with Crippen LogP contribution in [0.3, 0.4) is 0 Å². The molecule has 2 rings (SSSR count). The average Bonchev–Trinajstić information content (AvgIpc) is 2.69. The van der Waals surface area contributed by atoms with Crippen molar-refractivity contribution in [1.82, 2.24) is 0 Å². The molecular weight excluding hydrogens is 416 g/mol. The number of rotatable bonds is 5. The zero-order chi connectivity index (χ0) is 19.8. The second-order valence-corrected chi connectivity index (χ2v) is 6.28. The van der Waals surface area contributed by atoms with E-state index in [2.05, 4.69) is 30.6 Å². The Morgan fingerprint density at radius 2 is 1.59 bits per heavy atom. The summed E-state index contributed by atoms with van der Waals surface area (Å²) in [4.78, 5) is 30.2. The lowest BCUT2D eigenvalue weighted by molar-refractivity contribution is 0.130. The largest absolute Gasteiger partial charge is 0.452 e. The highest BCUT2D eigenvalue weighted by Crippen LogP contribution is 2.23. The molecule has 0 unspecified atom stereocenters. The number of carbonyl (C=O) groups is 2. The van der Waals surface area contributed by atoms with Crippen molar-refractivity contribution in [1.29, 1.82) is 0 Å². The number of halogens is 1. The highest BCUT2D eigenvalue weighted by molar-refractivity contribution is 9.10. The van der Waals surface area contributed by atoms with Crippen molar-refractivity contribution in [2.75, 3.05) is 19.1 Å². The molecular formula is C19H19BrN2O5. The molecule has 0 saturated carbocycles. The summed E-state index contributed by atoms with van der Waals surface area (Å²) in [5, 5.41) is 4.10. The van der Waals surface area contributed by atoms with Crippen LogP contribution in [0.25, 0.3) is 0 Å². The van der Waals surface area contributed by atoms with Crippen LogP contribution in [-0.4, -0.2) is 32.1 Å². The number of anilines is 1. The van der Waals surface area contributed by atoms with Crippen molar-refractivity contribution in [2.24, 2.45) is 5.16 Å². The lowest BCUT2D eigenvalue weighted by Gasteiger charge is -2.20. The number of imide groups is 1. The van der Waals surface area contributed by atoms with Crippen LogP contribution in [0.2, 0.25) is 0 Å². The summed E-state index contributed by atoms with van der Waals surface area (Å²) in [6.07, 6.45) is -1.72. The van der Waals surface area contributed by atoms with Gasteiger partial charge < -0.3 is 14.3 Å². The molecule has 2 aromatic rings. The molecule has 0 saturated heterocycles. The molecule has 0 radical (unpaired) electrons. The van der Waals surface area contributed by atoms with E-state index in [1.165, 1.54) is 14.2 Å². The van der Waals surface area contributed by atoms with E-state index < -0.39 is 12.2 Å². The van der Waals surface area contributed by atoms with Crippen LogP contribution < -0.4 is 4.90 Å². The molecule has 0 aliphatic heterocycles. The van der Waals surface area contributed by atoms with Gasteiger partial charge in [0.1, 0.15) is 6.61 Å². The fraction of sp³-hybridized carbons (Fsp3) is 0.211. The summed E-state index contributed by atoms with van der Waals surface area (Å²) in [6.45, 7) is 1.87. The normalized spacial score (nSPS) is 10.9. The van der Waals surface area contributed by atoms with Gasteiger partial charge in [-0.3, -0.25) is 0 Å². The maximum Gasteiger partial charge on any atom is 0.423 e. The van der Waals surface area contributed by atoms with E-state index in [4.69, 9.17) is 4.84 Å². The van der Waals surface area contributed by atoms with E-state index >= 15 is 0 Å². The van der Waals surface area contributed by atoms with Gasteiger partial charge in [-0.05, 0) is 30.7 Å². The molecule has 7 nitrogen and oxygen atoms in total. The average molecular weight is 435 g/mol. The van der Waals surface area contributed by atoms with Crippen molar-refractivity contribution >= 4 is 39.5 Å². The zero-order valence-electron chi connectivity index (χ0n) is 15.1. The standard InChI is InChI=1S/C19H19BrN2O5/c1-13(14-8-10-16(20)11-9-14)21-27-12-15-6-4-5-7-17(15)22(18(23)25-2)19(24)26-3/h4-11H,12H2,1-3H3/b21-13+. The molecule has 0 bridgehead atoms. The van der Waals surface area contributed by atoms with Crippen LogP contribution in [0, 0.1) is 0 Å². The Labute approximate surface area is 165 Å². The first-order valence-electron chi connectivity index (χ1n) is 7.94. The van der Waals surface area contributed by atoms with Gasteiger partial charge in [0.2, 0.25) is 0 Å². The maximum absolute atomic E-state index is 12.0. The minimum atomic E-state index is -0.858. The molecule has 0 aromatic heterocycles. The number of oxime groups is 1. The first-order chi connectivity index (χ1) is 13.0. The molecule has 0 fully saturated rings. The van der Waals surface area contributed by atoms with E-state index in [-0.39, 0.29) is 6.61 Å². The minimum absolute atomic E-state index is 0.0501.